The Morgan fingerprint density at radius 2 is 1.89 bits per heavy atom. The zero-order valence-corrected chi connectivity index (χ0v) is 14.7. The van der Waals surface area contributed by atoms with Crippen molar-refractivity contribution in [3.05, 3.63) is 58.6 Å². The number of nitro benzene ring substituents is 1. The van der Waals surface area contributed by atoms with Gasteiger partial charge >= 0.3 is 5.97 Å². The minimum atomic E-state index is -0.910. The van der Waals surface area contributed by atoms with Crippen molar-refractivity contribution in [3.8, 4) is 11.5 Å². The molecule has 0 unspecified atom stereocenters. The molecule has 0 aliphatic carbocycles. The number of anilines is 1. The Morgan fingerprint density at radius 3 is 2.52 bits per heavy atom. The number of para-hydroxylation sites is 1. The molecule has 0 heterocycles. The Bertz CT molecular complexity index is 824. The maximum absolute atomic E-state index is 12.0. The first-order valence-electron chi connectivity index (χ1n) is 7.91. The molecule has 0 fully saturated rings. The average molecular weight is 374 g/mol. The third kappa shape index (κ3) is 5.70. The first-order chi connectivity index (χ1) is 12.9. The molecule has 0 saturated heterocycles. The molecular weight excluding hydrogens is 356 g/mol. The number of amides is 1. The Balaban J connectivity index is 1.91. The summed E-state index contributed by atoms with van der Waals surface area (Å²) in [5.41, 5.74) is -0.116. The smallest absolute Gasteiger partial charge is 0.347 e. The summed E-state index contributed by atoms with van der Waals surface area (Å²) in [6, 6.07) is 12.4. The van der Waals surface area contributed by atoms with E-state index < -0.39 is 29.5 Å². The van der Waals surface area contributed by atoms with Gasteiger partial charge in [-0.2, -0.15) is 0 Å². The van der Waals surface area contributed by atoms with Gasteiger partial charge in [0.1, 0.15) is 11.5 Å². The number of nitrogens with one attached hydrogen (secondary N) is 1. The van der Waals surface area contributed by atoms with E-state index in [9.17, 15) is 19.7 Å². The summed E-state index contributed by atoms with van der Waals surface area (Å²) in [6.45, 7) is 0.921. The SMILES string of the molecule is COc1ccc([N+](=O)[O-])cc1NC(=O)COC(=O)[C@@H](C)Oc1ccccc1. The van der Waals surface area contributed by atoms with Gasteiger partial charge in [-0.15, -0.1) is 0 Å². The standard InChI is InChI=1S/C18H18N2O7/c1-12(27-14-6-4-3-5-7-14)18(22)26-11-17(21)19-15-10-13(20(23)24)8-9-16(15)25-2/h3-10,12H,11H2,1-2H3,(H,19,21)/t12-/m1/s1. The first kappa shape index (κ1) is 19.7. The number of carbonyl (C=O) groups excluding carboxylic acids is 2. The number of rotatable bonds is 8. The molecule has 2 rings (SSSR count). The number of hydrogen-bond donors (Lipinski definition) is 1. The van der Waals surface area contributed by atoms with E-state index in [1.807, 2.05) is 6.07 Å². The predicted molar refractivity (Wildman–Crippen MR) is 95.8 cm³/mol. The van der Waals surface area contributed by atoms with Crippen molar-refractivity contribution in [2.24, 2.45) is 0 Å². The highest BCUT2D eigenvalue weighted by Crippen LogP contribution is 2.28. The molecule has 27 heavy (non-hydrogen) atoms. The van der Waals surface area contributed by atoms with Gasteiger partial charge in [0.05, 0.1) is 17.7 Å². The summed E-state index contributed by atoms with van der Waals surface area (Å²) >= 11 is 0. The molecule has 0 aromatic heterocycles. The molecule has 0 aliphatic rings. The molecular formula is C18H18N2O7. The summed E-state index contributed by atoms with van der Waals surface area (Å²) in [5, 5.41) is 13.3. The largest absolute Gasteiger partial charge is 0.495 e. The second kappa shape index (κ2) is 9.18. The number of methoxy groups -OCH3 is 1. The number of nitro groups is 1. The van der Waals surface area contributed by atoms with Gasteiger partial charge in [0, 0.05) is 12.1 Å². The van der Waals surface area contributed by atoms with E-state index in [4.69, 9.17) is 14.2 Å². The Hall–Kier alpha value is -3.62. The number of ether oxygens (including phenoxy) is 3. The minimum Gasteiger partial charge on any atom is -0.495 e. The van der Waals surface area contributed by atoms with Gasteiger partial charge < -0.3 is 19.5 Å². The summed E-state index contributed by atoms with van der Waals surface area (Å²) in [6.07, 6.45) is -0.910. The van der Waals surface area contributed by atoms with Gasteiger partial charge in [-0.1, -0.05) is 18.2 Å². The molecule has 1 amide bonds. The number of non-ortho nitro benzene ring substituents is 1. The van der Waals surface area contributed by atoms with E-state index in [1.54, 1.807) is 24.3 Å². The Labute approximate surface area is 155 Å². The van der Waals surface area contributed by atoms with Crippen LogP contribution in [0.2, 0.25) is 0 Å². The Kier molecular flexibility index (Phi) is 6.70. The Morgan fingerprint density at radius 1 is 1.19 bits per heavy atom. The summed E-state index contributed by atoms with van der Waals surface area (Å²) in [4.78, 5) is 34.2. The minimum absolute atomic E-state index is 0.0985. The number of hydrogen-bond acceptors (Lipinski definition) is 7. The zero-order valence-electron chi connectivity index (χ0n) is 14.7. The zero-order chi connectivity index (χ0) is 19.8. The normalized spacial score (nSPS) is 11.2. The number of esters is 1. The molecule has 2 aromatic carbocycles. The van der Waals surface area contributed by atoms with Crippen molar-refractivity contribution in [2.75, 3.05) is 19.0 Å². The lowest BCUT2D eigenvalue weighted by molar-refractivity contribution is -0.384. The third-order valence-corrected chi connectivity index (χ3v) is 3.40. The highest BCUT2D eigenvalue weighted by Gasteiger charge is 2.19. The lowest BCUT2D eigenvalue weighted by Gasteiger charge is -2.14. The van der Waals surface area contributed by atoms with Crippen LogP contribution in [0.1, 0.15) is 6.92 Å². The quantitative estimate of drug-likeness (QED) is 0.429. The van der Waals surface area contributed by atoms with Crippen molar-refractivity contribution in [3.63, 3.8) is 0 Å². The molecule has 0 bridgehead atoms. The lowest BCUT2D eigenvalue weighted by atomic mass is 10.2. The maximum atomic E-state index is 12.0. The second-order valence-corrected chi connectivity index (χ2v) is 5.37. The van der Waals surface area contributed by atoms with Gasteiger partial charge in [-0.3, -0.25) is 14.9 Å². The van der Waals surface area contributed by atoms with Crippen LogP contribution in [0.5, 0.6) is 11.5 Å². The molecule has 2 aromatic rings. The number of carbonyl (C=O) groups is 2. The van der Waals surface area contributed by atoms with Crippen LogP contribution in [-0.2, 0) is 14.3 Å². The van der Waals surface area contributed by atoms with Crippen molar-refractivity contribution in [1.29, 1.82) is 0 Å². The van der Waals surface area contributed by atoms with Crippen LogP contribution in [0.15, 0.2) is 48.5 Å². The van der Waals surface area contributed by atoms with Gasteiger partial charge in [0.25, 0.3) is 11.6 Å². The van der Waals surface area contributed by atoms with Crippen LogP contribution in [-0.4, -0.2) is 36.6 Å². The molecule has 9 nitrogen and oxygen atoms in total. The average Bonchev–Trinajstić information content (AvgIpc) is 2.66. The lowest BCUT2D eigenvalue weighted by Crippen LogP contribution is -2.29. The van der Waals surface area contributed by atoms with Crippen LogP contribution in [0.25, 0.3) is 0 Å². The van der Waals surface area contributed by atoms with E-state index in [1.165, 1.54) is 26.2 Å². The fourth-order valence-corrected chi connectivity index (χ4v) is 2.10. The fourth-order valence-electron chi connectivity index (χ4n) is 2.10. The topological polar surface area (TPSA) is 117 Å². The van der Waals surface area contributed by atoms with E-state index in [2.05, 4.69) is 5.32 Å². The van der Waals surface area contributed by atoms with E-state index >= 15 is 0 Å². The third-order valence-electron chi connectivity index (χ3n) is 3.40. The monoisotopic (exact) mass is 374 g/mol. The van der Waals surface area contributed by atoms with Crippen molar-refractivity contribution in [2.45, 2.75) is 13.0 Å². The van der Waals surface area contributed by atoms with E-state index in [0.717, 1.165) is 6.07 Å². The van der Waals surface area contributed by atoms with E-state index in [0.29, 0.717) is 5.75 Å². The van der Waals surface area contributed by atoms with Crippen molar-refractivity contribution >= 4 is 23.3 Å². The van der Waals surface area contributed by atoms with Gasteiger partial charge in [-0.05, 0) is 25.1 Å². The maximum Gasteiger partial charge on any atom is 0.347 e. The van der Waals surface area contributed by atoms with E-state index in [-0.39, 0.29) is 17.1 Å². The molecule has 142 valence electrons. The second-order valence-electron chi connectivity index (χ2n) is 5.37. The van der Waals surface area contributed by atoms with Gasteiger partial charge in [0.2, 0.25) is 0 Å². The van der Waals surface area contributed by atoms with Crippen LogP contribution in [0.3, 0.4) is 0 Å². The van der Waals surface area contributed by atoms with Gasteiger partial charge in [0.15, 0.2) is 12.7 Å². The van der Waals surface area contributed by atoms with Crippen LogP contribution in [0, 0.1) is 10.1 Å². The molecule has 9 heteroatoms. The van der Waals surface area contributed by atoms with Crippen molar-refractivity contribution < 1.29 is 28.7 Å². The molecule has 1 N–H and O–H groups in total. The summed E-state index contributed by atoms with van der Waals surface area (Å²) in [7, 11) is 1.36. The molecule has 1 atom stereocenters. The molecule has 0 spiro atoms. The predicted octanol–water partition coefficient (Wildman–Crippen LogP) is 2.55. The fraction of sp³-hybridized carbons (Fsp3) is 0.222. The van der Waals surface area contributed by atoms with Crippen molar-refractivity contribution in [1.82, 2.24) is 0 Å². The van der Waals surface area contributed by atoms with Gasteiger partial charge in [-0.25, -0.2) is 4.79 Å². The summed E-state index contributed by atoms with van der Waals surface area (Å²) in [5.74, 6) is -0.664. The summed E-state index contributed by atoms with van der Waals surface area (Å²) < 4.78 is 15.4. The molecule has 0 saturated carbocycles. The number of nitrogens with zero attached hydrogens (tertiary/aromatic N) is 1. The molecule has 0 aliphatic heterocycles. The van der Waals surface area contributed by atoms with Crippen LogP contribution < -0.4 is 14.8 Å². The van der Waals surface area contributed by atoms with Crippen LogP contribution >= 0.6 is 0 Å². The van der Waals surface area contributed by atoms with Crippen LogP contribution in [0.4, 0.5) is 11.4 Å². The first-order valence-corrected chi connectivity index (χ1v) is 7.91. The molecule has 0 radical (unpaired) electrons. The highest BCUT2D eigenvalue weighted by atomic mass is 16.6. The number of benzene rings is 2. The highest BCUT2D eigenvalue weighted by molar-refractivity contribution is 5.94.